The molecule has 0 fully saturated rings. The van der Waals surface area contributed by atoms with Gasteiger partial charge in [0, 0.05) is 6.04 Å². The lowest BCUT2D eigenvalue weighted by Crippen LogP contribution is -2.16. The van der Waals surface area contributed by atoms with Crippen molar-refractivity contribution in [2.75, 3.05) is 13.2 Å². The van der Waals surface area contributed by atoms with E-state index in [1.807, 2.05) is 25.1 Å². The molecular formula is C10H14ClNO2. The van der Waals surface area contributed by atoms with E-state index in [-0.39, 0.29) is 18.4 Å². The Hall–Kier alpha value is -0.930. The Labute approximate surface area is 89.6 Å². The largest absolute Gasteiger partial charge is 0.486 e. The lowest BCUT2D eigenvalue weighted by molar-refractivity contribution is 0.171. The van der Waals surface area contributed by atoms with Gasteiger partial charge >= 0.3 is 0 Å². The van der Waals surface area contributed by atoms with Crippen molar-refractivity contribution in [3.05, 3.63) is 23.8 Å². The first-order chi connectivity index (χ1) is 6.27. The van der Waals surface area contributed by atoms with E-state index in [1.165, 1.54) is 0 Å². The Kier molecular flexibility index (Phi) is 3.61. The van der Waals surface area contributed by atoms with Crippen LogP contribution in [0.15, 0.2) is 18.2 Å². The minimum absolute atomic E-state index is 0. The van der Waals surface area contributed by atoms with Gasteiger partial charge in [-0.3, -0.25) is 0 Å². The van der Waals surface area contributed by atoms with Crippen LogP contribution in [0, 0.1) is 0 Å². The quantitative estimate of drug-likeness (QED) is 0.778. The minimum atomic E-state index is 0. The second kappa shape index (κ2) is 4.53. The number of hydrogen-bond donors (Lipinski definition) is 1. The molecule has 0 amide bonds. The molecule has 1 aliphatic heterocycles. The van der Waals surface area contributed by atoms with E-state index in [0.29, 0.717) is 13.2 Å². The van der Waals surface area contributed by atoms with Gasteiger partial charge in [-0.05, 0) is 24.6 Å². The van der Waals surface area contributed by atoms with Crippen molar-refractivity contribution in [1.82, 2.24) is 0 Å². The van der Waals surface area contributed by atoms with Crippen LogP contribution in [0.4, 0.5) is 0 Å². The van der Waals surface area contributed by atoms with Crippen LogP contribution in [0.25, 0.3) is 0 Å². The predicted molar refractivity (Wildman–Crippen MR) is 57.3 cm³/mol. The highest BCUT2D eigenvalue weighted by atomic mass is 35.5. The fraction of sp³-hybridized carbons (Fsp3) is 0.400. The summed E-state index contributed by atoms with van der Waals surface area (Å²) < 4.78 is 10.8. The van der Waals surface area contributed by atoms with Gasteiger partial charge < -0.3 is 15.2 Å². The lowest BCUT2D eigenvalue weighted by atomic mass is 10.1. The molecule has 4 heteroatoms. The van der Waals surface area contributed by atoms with E-state index in [0.717, 1.165) is 17.1 Å². The highest BCUT2D eigenvalue weighted by Crippen LogP contribution is 2.31. The third-order valence-corrected chi connectivity index (χ3v) is 2.09. The van der Waals surface area contributed by atoms with Crippen molar-refractivity contribution in [1.29, 1.82) is 0 Å². The molecule has 1 aromatic rings. The van der Waals surface area contributed by atoms with E-state index >= 15 is 0 Å². The van der Waals surface area contributed by atoms with Crippen LogP contribution in [0.5, 0.6) is 11.5 Å². The Morgan fingerprint density at radius 3 is 2.50 bits per heavy atom. The van der Waals surface area contributed by atoms with E-state index in [2.05, 4.69) is 0 Å². The molecule has 0 aromatic heterocycles. The molecule has 3 nitrogen and oxygen atoms in total. The van der Waals surface area contributed by atoms with E-state index < -0.39 is 0 Å². The third-order valence-electron chi connectivity index (χ3n) is 2.09. The van der Waals surface area contributed by atoms with Crippen molar-refractivity contribution in [3.63, 3.8) is 0 Å². The fourth-order valence-corrected chi connectivity index (χ4v) is 1.34. The van der Waals surface area contributed by atoms with Crippen molar-refractivity contribution in [3.8, 4) is 11.5 Å². The fourth-order valence-electron chi connectivity index (χ4n) is 1.34. The van der Waals surface area contributed by atoms with Gasteiger partial charge in [-0.2, -0.15) is 0 Å². The monoisotopic (exact) mass is 215 g/mol. The summed E-state index contributed by atoms with van der Waals surface area (Å²) in [4.78, 5) is 0. The van der Waals surface area contributed by atoms with Crippen LogP contribution in [-0.2, 0) is 0 Å². The number of nitrogens with two attached hydrogens (primary N) is 1. The van der Waals surface area contributed by atoms with Crippen molar-refractivity contribution in [2.45, 2.75) is 13.0 Å². The Bertz CT molecular complexity index is 315. The Morgan fingerprint density at radius 1 is 1.21 bits per heavy atom. The molecule has 1 atom stereocenters. The maximum Gasteiger partial charge on any atom is 0.161 e. The van der Waals surface area contributed by atoms with Crippen LogP contribution < -0.4 is 15.2 Å². The summed E-state index contributed by atoms with van der Waals surface area (Å²) in [6, 6.07) is 5.86. The molecule has 1 heterocycles. The summed E-state index contributed by atoms with van der Waals surface area (Å²) in [7, 11) is 0. The number of halogens is 1. The maximum atomic E-state index is 5.75. The second-order valence-corrected chi connectivity index (χ2v) is 3.19. The van der Waals surface area contributed by atoms with Gasteiger partial charge in [0.05, 0.1) is 0 Å². The van der Waals surface area contributed by atoms with Crippen LogP contribution in [-0.4, -0.2) is 13.2 Å². The Morgan fingerprint density at radius 2 is 1.86 bits per heavy atom. The van der Waals surface area contributed by atoms with Crippen molar-refractivity contribution < 1.29 is 9.47 Å². The average molecular weight is 216 g/mol. The van der Waals surface area contributed by atoms with Gasteiger partial charge in [0.25, 0.3) is 0 Å². The third kappa shape index (κ3) is 2.11. The second-order valence-electron chi connectivity index (χ2n) is 3.19. The molecule has 0 radical (unpaired) electrons. The zero-order valence-electron chi connectivity index (χ0n) is 8.03. The number of benzene rings is 1. The van der Waals surface area contributed by atoms with Gasteiger partial charge in [-0.1, -0.05) is 6.07 Å². The molecule has 0 unspecified atom stereocenters. The van der Waals surface area contributed by atoms with Crippen molar-refractivity contribution in [2.24, 2.45) is 5.73 Å². The topological polar surface area (TPSA) is 44.5 Å². The van der Waals surface area contributed by atoms with Crippen LogP contribution in [0.3, 0.4) is 0 Å². The summed E-state index contributed by atoms with van der Waals surface area (Å²) in [5.41, 5.74) is 6.82. The standard InChI is InChI=1S/C10H13NO2.ClH/c1-7(11)8-2-3-9-10(6-8)13-5-4-12-9;/h2-3,6-7H,4-5,11H2,1H3;1H/t7-;/m1./s1. The number of ether oxygens (including phenoxy) is 2. The predicted octanol–water partition coefficient (Wildman–Crippen LogP) is 1.90. The average Bonchev–Trinajstić information content (AvgIpc) is 2.17. The highest BCUT2D eigenvalue weighted by Gasteiger charge is 2.12. The van der Waals surface area contributed by atoms with E-state index in [4.69, 9.17) is 15.2 Å². The number of rotatable bonds is 1. The molecule has 0 saturated heterocycles. The zero-order valence-corrected chi connectivity index (χ0v) is 8.84. The van der Waals surface area contributed by atoms with Crippen LogP contribution in [0.1, 0.15) is 18.5 Å². The van der Waals surface area contributed by atoms with Crippen LogP contribution in [0.2, 0.25) is 0 Å². The summed E-state index contributed by atoms with van der Waals surface area (Å²) >= 11 is 0. The van der Waals surface area contributed by atoms with Gasteiger partial charge in [0.15, 0.2) is 11.5 Å². The lowest BCUT2D eigenvalue weighted by Gasteiger charge is -2.19. The molecule has 1 aliphatic rings. The highest BCUT2D eigenvalue weighted by molar-refractivity contribution is 5.85. The smallest absolute Gasteiger partial charge is 0.161 e. The number of hydrogen-bond acceptors (Lipinski definition) is 3. The molecule has 78 valence electrons. The molecule has 14 heavy (non-hydrogen) atoms. The zero-order chi connectivity index (χ0) is 9.26. The summed E-state index contributed by atoms with van der Waals surface area (Å²) in [5, 5.41) is 0. The molecule has 0 saturated carbocycles. The summed E-state index contributed by atoms with van der Waals surface area (Å²) in [5.74, 6) is 1.62. The Balaban J connectivity index is 0.000000980. The first kappa shape index (κ1) is 11.1. The normalized spacial score (nSPS) is 15.6. The van der Waals surface area contributed by atoms with Gasteiger partial charge in [0.2, 0.25) is 0 Å². The molecular weight excluding hydrogens is 202 g/mol. The van der Waals surface area contributed by atoms with Gasteiger partial charge in [-0.15, -0.1) is 12.4 Å². The summed E-state index contributed by atoms with van der Waals surface area (Å²) in [6.07, 6.45) is 0. The van der Waals surface area contributed by atoms with E-state index in [9.17, 15) is 0 Å². The van der Waals surface area contributed by atoms with Crippen molar-refractivity contribution >= 4 is 12.4 Å². The first-order valence-electron chi connectivity index (χ1n) is 4.42. The molecule has 2 rings (SSSR count). The molecule has 1 aromatic carbocycles. The molecule has 0 bridgehead atoms. The summed E-state index contributed by atoms with van der Waals surface area (Å²) in [6.45, 7) is 3.20. The molecule has 0 aliphatic carbocycles. The van der Waals surface area contributed by atoms with Gasteiger partial charge in [0.1, 0.15) is 13.2 Å². The van der Waals surface area contributed by atoms with Gasteiger partial charge in [-0.25, -0.2) is 0 Å². The molecule has 0 spiro atoms. The SMILES string of the molecule is C[C@@H](N)c1ccc2c(c1)OCCO2.Cl. The van der Waals surface area contributed by atoms with Crippen LogP contribution >= 0.6 is 12.4 Å². The number of fused-ring (bicyclic) bond motifs is 1. The molecule has 2 N–H and O–H groups in total. The first-order valence-corrected chi connectivity index (χ1v) is 4.42. The van der Waals surface area contributed by atoms with E-state index in [1.54, 1.807) is 0 Å². The minimum Gasteiger partial charge on any atom is -0.486 e. The maximum absolute atomic E-state index is 5.75.